The van der Waals surface area contributed by atoms with Crippen molar-refractivity contribution in [2.24, 2.45) is 0 Å². The quantitative estimate of drug-likeness (QED) is 0.419. The van der Waals surface area contributed by atoms with E-state index < -0.39 is 6.04 Å². The number of anilines is 1. The van der Waals surface area contributed by atoms with Crippen LogP contribution in [0.2, 0.25) is 0 Å². The van der Waals surface area contributed by atoms with E-state index in [2.05, 4.69) is 15.5 Å². The summed E-state index contributed by atoms with van der Waals surface area (Å²) in [6.07, 6.45) is 1.48. The predicted molar refractivity (Wildman–Crippen MR) is 129 cm³/mol. The van der Waals surface area contributed by atoms with Gasteiger partial charge in [-0.25, -0.2) is 4.39 Å². The Labute approximate surface area is 204 Å². The minimum Gasteiger partial charge on any atom is -0.381 e. The number of halogens is 1. The second-order valence-corrected chi connectivity index (χ2v) is 9.04. The van der Waals surface area contributed by atoms with Crippen LogP contribution < -0.4 is 10.6 Å². The van der Waals surface area contributed by atoms with E-state index in [1.165, 1.54) is 0 Å². The highest BCUT2D eigenvalue weighted by atomic mass is 19.1. The molecule has 2 N–H and O–H groups in total. The maximum absolute atomic E-state index is 14.9. The maximum atomic E-state index is 14.9. The number of carbonyl (C=O) groups is 3. The van der Waals surface area contributed by atoms with E-state index in [0.29, 0.717) is 49.5 Å². The molecule has 2 saturated heterocycles. The van der Waals surface area contributed by atoms with E-state index in [1.54, 1.807) is 31.3 Å². The van der Waals surface area contributed by atoms with Crippen LogP contribution >= 0.6 is 0 Å². The number of carbonyl (C=O) groups excluding carboxylic acids is 3. The summed E-state index contributed by atoms with van der Waals surface area (Å²) in [5, 5.41) is 5.63. The molecule has 9 heteroatoms. The number of imide groups is 1. The van der Waals surface area contributed by atoms with Crippen molar-refractivity contribution in [3.63, 3.8) is 0 Å². The van der Waals surface area contributed by atoms with Gasteiger partial charge in [-0.15, -0.1) is 0 Å². The van der Waals surface area contributed by atoms with Crippen molar-refractivity contribution in [2.75, 3.05) is 38.7 Å². The normalized spacial score (nSPS) is 19.0. The van der Waals surface area contributed by atoms with Gasteiger partial charge in [-0.2, -0.15) is 0 Å². The van der Waals surface area contributed by atoms with Gasteiger partial charge in [0.15, 0.2) is 0 Å². The van der Waals surface area contributed by atoms with Gasteiger partial charge in [0.1, 0.15) is 12.1 Å². The van der Waals surface area contributed by atoms with E-state index in [-0.39, 0.29) is 30.6 Å². The van der Waals surface area contributed by atoms with Crippen molar-refractivity contribution in [2.45, 2.75) is 38.5 Å². The fourth-order valence-corrected chi connectivity index (χ4v) is 4.56. The number of nitrogens with zero attached hydrogens (tertiary/aromatic N) is 2. The monoisotopic (exact) mass is 482 g/mol. The van der Waals surface area contributed by atoms with E-state index in [4.69, 9.17) is 4.74 Å². The lowest BCUT2D eigenvalue weighted by atomic mass is 10.0. The van der Waals surface area contributed by atoms with Crippen LogP contribution in [0.25, 0.3) is 0 Å². The molecule has 0 aromatic heterocycles. The lowest BCUT2D eigenvalue weighted by Gasteiger charge is -2.30. The lowest BCUT2D eigenvalue weighted by molar-refractivity contribution is -0.137. The molecule has 35 heavy (non-hydrogen) atoms. The molecule has 2 aliphatic heterocycles. The Bertz CT molecular complexity index is 1090. The van der Waals surface area contributed by atoms with Gasteiger partial charge in [-0.3, -0.25) is 29.5 Å². The first kappa shape index (κ1) is 25.0. The number of hydrogen-bond donors (Lipinski definition) is 2. The Morgan fingerprint density at radius 1 is 1.23 bits per heavy atom. The molecule has 4 rings (SSSR count). The molecule has 2 amide bonds. The molecule has 0 spiro atoms. The maximum Gasteiger partial charge on any atom is 0.243 e. The molecule has 2 heterocycles. The molecular weight excluding hydrogens is 451 g/mol. The average molecular weight is 483 g/mol. The summed E-state index contributed by atoms with van der Waals surface area (Å²) in [7, 11) is 1.79. The summed E-state index contributed by atoms with van der Waals surface area (Å²) in [6, 6.07) is 10.2. The number of nitrogens with one attached hydrogen (secondary N) is 2. The molecule has 186 valence electrons. The van der Waals surface area contributed by atoms with Crippen molar-refractivity contribution in [1.82, 2.24) is 15.1 Å². The van der Waals surface area contributed by atoms with Crippen LogP contribution in [0.3, 0.4) is 0 Å². The Balaban J connectivity index is 1.44. The van der Waals surface area contributed by atoms with Crippen LogP contribution in [0.4, 0.5) is 10.1 Å². The number of likely N-dealkylation sites (N-methyl/N-ethyl adjacent to an activating group) is 1. The molecule has 0 saturated carbocycles. The predicted octanol–water partition coefficient (Wildman–Crippen LogP) is 2.32. The molecule has 8 nitrogen and oxygen atoms in total. The summed E-state index contributed by atoms with van der Waals surface area (Å²) < 4.78 is 20.2. The smallest absolute Gasteiger partial charge is 0.243 e. The molecule has 2 fully saturated rings. The summed E-state index contributed by atoms with van der Waals surface area (Å²) in [4.78, 5) is 39.5. The molecule has 0 aliphatic carbocycles. The fraction of sp³-hybridized carbons (Fsp3) is 0.423. The van der Waals surface area contributed by atoms with Crippen molar-refractivity contribution in [1.29, 1.82) is 0 Å². The second kappa shape index (κ2) is 11.5. The third-order valence-electron chi connectivity index (χ3n) is 6.59. The Kier molecular flexibility index (Phi) is 8.22. The molecular formula is C26H31FN4O4. The number of aldehydes is 1. The molecule has 2 aliphatic rings. The molecule has 1 unspecified atom stereocenters. The largest absolute Gasteiger partial charge is 0.381 e. The van der Waals surface area contributed by atoms with E-state index >= 15 is 0 Å². The first-order valence-corrected chi connectivity index (χ1v) is 11.9. The first-order valence-electron chi connectivity index (χ1n) is 11.9. The molecule has 1 atom stereocenters. The average Bonchev–Trinajstić information content (AvgIpc) is 2.84. The number of hydrogen-bond acceptors (Lipinski definition) is 7. The van der Waals surface area contributed by atoms with Gasteiger partial charge in [0.2, 0.25) is 11.8 Å². The zero-order valence-electron chi connectivity index (χ0n) is 19.9. The van der Waals surface area contributed by atoms with Crippen molar-refractivity contribution in [3.8, 4) is 0 Å². The van der Waals surface area contributed by atoms with E-state index in [0.717, 1.165) is 30.5 Å². The van der Waals surface area contributed by atoms with Gasteiger partial charge in [-0.05, 0) is 36.7 Å². The number of amides is 2. The minimum absolute atomic E-state index is 0.251. The standard InChI is InChI=1S/C26H31FN4O4/c1-30(24-7-8-25(33)29-26(24)34)16-21-20(17-32)3-2-4-23(21)28-14-19-6-5-18(13-22(19)27)15-31-9-11-35-12-10-31/h2-6,13,17,24,28H,7-12,14-16H2,1H3,(H,29,33,34). The Morgan fingerprint density at radius 3 is 2.74 bits per heavy atom. The number of ether oxygens (including phenoxy) is 1. The van der Waals surface area contributed by atoms with E-state index in [1.807, 2.05) is 17.0 Å². The zero-order valence-corrected chi connectivity index (χ0v) is 19.9. The van der Waals surface area contributed by atoms with Crippen LogP contribution in [-0.4, -0.2) is 67.3 Å². The van der Waals surface area contributed by atoms with Gasteiger partial charge in [0.25, 0.3) is 0 Å². The number of benzene rings is 2. The summed E-state index contributed by atoms with van der Waals surface area (Å²) >= 11 is 0. The summed E-state index contributed by atoms with van der Waals surface area (Å²) in [5.74, 6) is -0.883. The van der Waals surface area contributed by atoms with Gasteiger partial charge in [0, 0.05) is 56.0 Å². The molecule has 2 aromatic carbocycles. The third-order valence-corrected chi connectivity index (χ3v) is 6.59. The molecule has 0 radical (unpaired) electrons. The zero-order chi connectivity index (χ0) is 24.8. The topological polar surface area (TPSA) is 91.0 Å². The van der Waals surface area contributed by atoms with Crippen LogP contribution in [0.5, 0.6) is 0 Å². The van der Waals surface area contributed by atoms with Crippen LogP contribution in [0.15, 0.2) is 36.4 Å². The summed E-state index contributed by atoms with van der Waals surface area (Å²) in [6.45, 7) is 4.34. The highest BCUT2D eigenvalue weighted by Crippen LogP contribution is 2.24. The minimum atomic E-state index is -0.461. The highest BCUT2D eigenvalue weighted by Gasteiger charge is 2.30. The number of rotatable bonds is 9. The molecule has 0 bridgehead atoms. The fourth-order valence-electron chi connectivity index (χ4n) is 4.56. The second-order valence-electron chi connectivity index (χ2n) is 9.04. The van der Waals surface area contributed by atoms with Gasteiger partial charge in [0.05, 0.1) is 19.3 Å². The van der Waals surface area contributed by atoms with Gasteiger partial charge < -0.3 is 10.1 Å². The highest BCUT2D eigenvalue weighted by molar-refractivity contribution is 6.00. The van der Waals surface area contributed by atoms with Gasteiger partial charge in [-0.1, -0.05) is 24.3 Å². The summed E-state index contributed by atoms with van der Waals surface area (Å²) in [5.41, 5.74) is 3.36. The van der Waals surface area contributed by atoms with Crippen molar-refractivity contribution >= 4 is 23.8 Å². The van der Waals surface area contributed by atoms with Crippen LogP contribution in [0.1, 0.15) is 39.9 Å². The molecule has 2 aromatic rings. The number of morpholine rings is 1. The van der Waals surface area contributed by atoms with E-state index in [9.17, 15) is 18.8 Å². The Morgan fingerprint density at radius 2 is 2.03 bits per heavy atom. The van der Waals surface area contributed by atoms with Crippen molar-refractivity contribution < 1.29 is 23.5 Å². The van der Waals surface area contributed by atoms with Crippen molar-refractivity contribution in [3.05, 3.63) is 64.5 Å². The Hall–Kier alpha value is -3.14. The SMILES string of the molecule is CN(Cc1c(C=O)cccc1NCc1ccc(CN2CCOCC2)cc1F)C1CCC(=O)NC1=O. The van der Waals surface area contributed by atoms with Crippen LogP contribution in [-0.2, 0) is 34.0 Å². The number of piperidine rings is 1. The van der Waals surface area contributed by atoms with Crippen LogP contribution in [0, 0.1) is 5.82 Å². The first-order chi connectivity index (χ1) is 16.9. The lowest BCUT2D eigenvalue weighted by Crippen LogP contribution is -2.51. The third kappa shape index (κ3) is 6.30. The van der Waals surface area contributed by atoms with Gasteiger partial charge >= 0.3 is 0 Å².